The maximum Gasteiger partial charge on any atom is 0.410 e. The summed E-state index contributed by atoms with van der Waals surface area (Å²) in [5.41, 5.74) is 2.69. The second-order valence-corrected chi connectivity index (χ2v) is 13.9. The molecule has 3 aliphatic rings. The SMILES string of the molecule is CC(C)(C)OC(=O)N1CC(C#Cc2ccccc2)(OC(=O)CC(CCOC2CC(CCc3ccc4c(n3)CCCC4)C2)C(=O)O)C1. The Bertz CT molecular complexity index is 1440. The Morgan fingerprint density at radius 2 is 1.80 bits per heavy atom. The summed E-state index contributed by atoms with van der Waals surface area (Å²) < 4.78 is 17.2. The number of carbonyl (C=O) groups is 3. The minimum atomic E-state index is -1.24. The Balaban J connectivity index is 1.06. The van der Waals surface area contributed by atoms with Crippen LogP contribution in [0.15, 0.2) is 42.5 Å². The average molecular weight is 631 g/mol. The lowest BCUT2D eigenvalue weighted by molar-refractivity contribution is -0.170. The molecule has 1 aliphatic heterocycles. The van der Waals surface area contributed by atoms with E-state index in [1.165, 1.54) is 34.7 Å². The molecule has 1 amide bonds. The Labute approximate surface area is 272 Å². The molecule has 2 heterocycles. The quantitative estimate of drug-likeness (QED) is 0.247. The summed E-state index contributed by atoms with van der Waals surface area (Å²) in [7, 11) is 0. The predicted octanol–water partition coefficient (Wildman–Crippen LogP) is 5.75. The third-order valence-electron chi connectivity index (χ3n) is 8.88. The van der Waals surface area contributed by atoms with Crippen LogP contribution in [0.2, 0.25) is 0 Å². The number of amides is 1. The number of carbonyl (C=O) groups excluding carboxylic acids is 2. The fraction of sp³-hybridized carbons (Fsp3) is 0.568. The molecule has 0 radical (unpaired) electrons. The number of nitrogens with zero attached hydrogens (tertiary/aromatic N) is 2. The number of benzene rings is 1. The van der Waals surface area contributed by atoms with Crippen molar-refractivity contribution < 1.29 is 33.7 Å². The van der Waals surface area contributed by atoms with Crippen LogP contribution in [-0.4, -0.2) is 70.0 Å². The Morgan fingerprint density at radius 1 is 1.07 bits per heavy atom. The van der Waals surface area contributed by atoms with E-state index in [1.54, 1.807) is 20.8 Å². The lowest BCUT2D eigenvalue weighted by atomic mass is 9.79. The summed E-state index contributed by atoms with van der Waals surface area (Å²) in [4.78, 5) is 43.9. The van der Waals surface area contributed by atoms with E-state index >= 15 is 0 Å². The van der Waals surface area contributed by atoms with Crippen LogP contribution in [0, 0.1) is 23.7 Å². The van der Waals surface area contributed by atoms with Crippen LogP contribution in [0.4, 0.5) is 4.79 Å². The van der Waals surface area contributed by atoms with Gasteiger partial charge >= 0.3 is 18.0 Å². The number of hydrogen-bond donors (Lipinski definition) is 1. The predicted molar refractivity (Wildman–Crippen MR) is 172 cm³/mol. The van der Waals surface area contributed by atoms with Gasteiger partial charge < -0.3 is 19.3 Å². The van der Waals surface area contributed by atoms with Gasteiger partial charge in [-0.05, 0) is 114 Å². The number of rotatable bonds is 11. The van der Waals surface area contributed by atoms with Gasteiger partial charge in [-0.2, -0.15) is 0 Å². The van der Waals surface area contributed by atoms with Gasteiger partial charge in [0.05, 0.1) is 31.5 Å². The molecule has 1 aromatic heterocycles. The van der Waals surface area contributed by atoms with E-state index in [-0.39, 0.29) is 38.6 Å². The first-order valence-electron chi connectivity index (χ1n) is 16.6. The monoisotopic (exact) mass is 630 g/mol. The van der Waals surface area contributed by atoms with Crippen molar-refractivity contribution in [2.75, 3.05) is 19.7 Å². The van der Waals surface area contributed by atoms with Crippen LogP contribution in [0.5, 0.6) is 0 Å². The van der Waals surface area contributed by atoms with Crippen LogP contribution < -0.4 is 0 Å². The van der Waals surface area contributed by atoms with Crippen LogP contribution in [-0.2, 0) is 43.1 Å². The van der Waals surface area contributed by atoms with Crippen LogP contribution in [0.25, 0.3) is 0 Å². The Morgan fingerprint density at radius 3 is 2.52 bits per heavy atom. The molecule has 1 N–H and O–H groups in total. The normalized spacial score (nSPS) is 20.5. The van der Waals surface area contributed by atoms with Crippen molar-refractivity contribution in [1.82, 2.24) is 9.88 Å². The maximum absolute atomic E-state index is 13.0. The second-order valence-electron chi connectivity index (χ2n) is 13.9. The van der Waals surface area contributed by atoms with E-state index in [9.17, 15) is 19.5 Å². The highest BCUT2D eigenvalue weighted by molar-refractivity contribution is 5.79. The molecule has 9 nitrogen and oxygen atoms in total. The third kappa shape index (κ3) is 9.32. The van der Waals surface area contributed by atoms with E-state index < -0.39 is 35.2 Å². The third-order valence-corrected chi connectivity index (χ3v) is 8.88. The zero-order chi connectivity index (χ0) is 32.7. The molecule has 9 heteroatoms. The Kier molecular flexibility index (Phi) is 10.7. The molecule has 46 heavy (non-hydrogen) atoms. The number of likely N-dealkylation sites (tertiary alicyclic amines) is 1. The standard InChI is InChI=1S/C37H46N2O7/c1-36(2,3)46-35(43)39-24-37(25-39,19-17-26-9-5-4-6-10-26)45-33(40)23-29(34(41)42)18-20-44-31-21-27(22-31)13-15-30-16-14-28-11-7-8-12-32(28)38-30/h4-6,9-10,14,16,27,29,31H,7-8,11-13,15,18,20-25H2,1-3H3,(H,41,42). The van der Waals surface area contributed by atoms with Crippen molar-refractivity contribution in [2.24, 2.45) is 11.8 Å². The molecular formula is C37H46N2O7. The smallest absolute Gasteiger partial charge is 0.410 e. The van der Waals surface area contributed by atoms with Crippen LogP contribution in [0.3, 0.4) is 0 Å². The van der Waals surface area contributed by atoms with Gasteiger partial charge in [0, 0.05) is 23.6 Å². The molecule has 1 saturated heterocycles. The first kappa shape index (κ1) is 33.5. The number of aryl methyl sites for hydroxylation is 3. The van der Waals surface area contributed by atoms with Gasteiger partial charge in [0.15, 0.2) is 0 Å². The van der Waals surface area contributed by atoms with Crippen molar-refractivity contribution in [1.29, 1.82) is 0 Å². The molecular weight excluding hydrogens is 584 g/mol. The van der Waals surface area contributed by atoms with E-state index in [0.29, 0.717) is 5.92 Å². The Hall–Kier alpha value is -3.90. The molecule has 0 spiro atoms. The van der Waals surface area contributed by atoms with Crippen molar-refractivity contribution in [3.05, 3.63) is 65.0 Å². The largest absolute Gasteiger partial charge is 0.481 e. The number of carboxylic acids is 1. The highest BCUT2D eigenvalue weighted by Crippen LogP contribution is 2.34. The van der Waals surface area contributed by atoms with Crippen molar-refractivity contribution in [3.8, 4) is 11.8 Å². The van der Waals surface area contributed by atoms with Crippen molar-refractivity contribution in [2.45, 2.75) is 102 Å². The van der Waals surface area contributed by atoms with Gasteiger partial charge in [0.25, 0.3) is 0 Å². The summed E-state index contributed by atoms with van der Waals surface area (Å²) in [6.45, 7) is 5.68. The van der Waals surface area contributed by atoms with E-state index in [4.69, 9.17) is 19.2 Å². The molecule has 1 saturated carbocycles. The van der Waals surface area contributed by atoms with Crippen molar-refractivity contribution >= 4 is 18.0 Å². The number of carboxylic acid groups (broad SMARTS) is 1. The lowest BCUT2D eigenvalue weighted by Gasteiger charge is -2.45. The molecule has 1 atom stereocenters. The number of aromatic nitrogens is 1. The molecule has 2 aromatic rings. The number of hydrogen-bond acceptors (Lipinski definition) is 7. The van der Waals surface area contributed by atoms with Gasteiger partial charge in [0.1, 0.15) is 5.60 Å². The minimum Gasteiger partial charge on any atom is -0.481 e. The molecule has 1 aromatic carbocycles. The summed E-state index contributed by atoms with van der Waals surface area (Å²) in [5, 5.41) is 9.83. The summed E-state index contributed by atoms with van der Waals surface area (Å²) in [6.07, 6.45) is 8.20. The van der Waals surface area contributed by atoms with Crippen molar-refractivity contribution in [3.63, 3.8) is 0 Å². The zero-order valence-electron chi connectivity index (χ0n) is 27.3. The second kappa shape index (κ2) is 14.7. The van der Waals surface area contributed by atoms with Crippen LogP contribution >= 0.6 is 0 Å². The first-order chi connectivity index (χ1) is 22.0. The fourth-order valence-electron chi connectivity index (χ4n) is 6.22. The number of ether oxygens (including phenoxy) is 3. The minimum absolute atomic E-state index is 0.0414. The number of esters is 1. The van der Waals surface area contributed by atoms with Gasteiger partial charge in [0.2, 0.25) is 5.60 Å². The topological polar surface area (TPSA) is 115 Å². The molecule has 0 bridgehead atoms. The summed E-state index contributed by atoms with van der Waals surface area (Å²) >= 11 is 0. The number of pyridine rings is 1. The van der Waals surface area contributed by atoms with Crippen LogP contribution in [0.1, 0.15) is 88.2 Å². The average Bonchev–Trinajstić information content (AvgIpc) is 2.97. The highest BCUT2D eigenvalue weighted by atomic mass is 16.6. The molecule has 5 rings (SSSR count). The molecule has 246 valence electrons. The molecule has 2 aliphatic carbocycles. The van der Waals surface area contributed by atoms with Gasteiger partial charge in [-0.1, -0.05) is 30.2 Å². The van der Waals surface area contributed by atoms with E-state index in [1.807, 2.05) is 30.3 Å². The molecule has 2 fully saturated rings. The summed E-state index contributed by atoms with van der Waals surface area (Å²) in [5.74, 6) is 3.95. The van der Waals surface area contributed by atoms with Gasteiger partial charge in [-0.3, -0.25) is 19.5 Å². The lowest BCUT2D eigenvalue weighted by Crippen LogP contribution is -2.65. The zero-order valence-corrected chi connectivity index (χ0v) is 27.3. The van der Waals surface area contributed by atoms with E-state index in [2.05, 4.69) is 24.0 Å². The highest BCUT2D eigenvalue weighted by Gasteiger charge is 2.49. The van der Waals surface area contributed by atoms with Gasteiger partial charge in [-0.15, -0.1) is 0 Å². The van der Waals surface area contributed by atoms with Gasteiger partial charge in [-0.25, -0.2) is 4.79 Å². The summed E-state index contributed by atoms with van der Waals surface area (Å²) in [6, 6.07) is 13.7. The number of fused-ring (bicyclic) bond motifs is 1. The first-order valence-corrected chi connectivity index (χ1v) is 16.6. The molecule has 1 unspecified atom stereocenters. The number of aliphatic carboxylic acids is 1. The van der Waals surface area contributed by atoms with E-state index in [0.717, 1.165) is 44.1 Å². The maximum atomic E-state index is 13.0. The fourth-order valence-corrected chi connectivity index (χ4v) is 6.22.